The lowest BCUT2D eigenvalue weighted by molar-refractivity contribution is 0.587. The Kier molecular flexibility index (Phi) is 4.54. The summed E-state index contributed by atoms with van der Waals surface area (Å²) in [5.41, 5.74) is 4.47. The van der Waals surface area contributed by atoms with E-state index in [-0.39, 0.29) is 12.1 Å². The zero-order chi connectivity index (χ0) is 18.8. The summed E-state index contributed by atoms with van der Waals surface area (Å²) in [6.07, 6.45) is 6.32. The number of hydrogen-bond acceptors (Lipinski definition) is 3. The summed E-state index contributed by atoms with van der Waals surface area (Å²) in [6, 6.07) is 9.34. The van der Waals surface area contributed by atoms with Crippen molar-refractivity contribution in [3.8, 4) is 0 Å². The van der Waals surface area contributed by atoms with Crippen LogP contribution in [-0.2, 0) is 13.0 Å². The van der Waals surface area contributed by atoms with E-state index in [0.29, 0.717) is 5.82 Å². The molecule has 0 spiro atoms. The van der Waals surface area contributed by atoms with E-state index in [0.717, 1.165) is 46.3 Å². The number of aryl methyl sites for hydroxylation is 1. The van der Waals surface area contributed by atoms with Crippen molar-refractivity contribution >= 4 is 16.9 Å². The van der Waals surface area contributed by atoms with E-state index in [4.69, 9.17) is 0 Å². The van der Waals surface area contributed by atoms with Crippen LogP contribution in [0.1, 0.15) is 22.3 Å². The number of anilines is 1. The van der Waals surface area contributed by atoms with E-state index in [2.05, 4.69) is 26.3 Å². The summed E-state index contributed by atoms with van der Waals surface area (Å²) in [5, 5.41) is 4.13. The molecular weight excluding hydrogens is 346 g/mol. The fraction of sp³-hybridized carbons (Fsp3) is 0.143. The smallest absolute Gasteiger partial charge is 0.137 e. The molecule has 0 unspecified atom stereocenters. The van der Waals surface area contributed by atoms with Crippen LogP contribution in [0, 0.1) is 18.6 Å². The molecule has 0 fully saturated rings. The first kappa shape index (κ1) is 17.1. The summed E-state index contributed by atoms with van der Waals surface area (Å²) in [5.74, 6) is -0.289. The fourth-order valence-corrected chi connectivity index (χ4v) is 3.03. The molecule has 4 nitrogen and oxygen atoms in total. The predicted octanol–water partition coefficient (Wildman–Crippen LogP) is 4.75. The molecule has 0 saturated carbocycles. The van der Waals surface area contributed by atoms with Crippen LogP contribution in [0.2, 0.25) is 0 Å². The third kappa shape index (κ3) is 3.79. The monoisotopic (exact) mass is 364 g/mol. The Labute approximate surface area is 155 Å². The number of benzene rings is 1. The quantitative estimate of drug-likeness (QED) is 0.537. The zero-order valence-electron chi connectivity index (χ0n) is 14.8. The van der Waals surface area contributed by atoms with E-state index in [1.165, 1.54) is 6.07 Å². The Balaban J connectivity index is 1.45. The van der Waals surface area contributed by atoms with Crippen molar-refractivity contribution < 1.29 is 8.78 Å². The third-order valence-electron chi connectivity index (χ3n) is 4.44. The largest absolute Gasteiger partial charge is 0.366 e. The second-order valence-electron chi connectivity index (χ2n) is 6.54. The molecule has 0 aliphatic heterocycles. The second-order valence-corrected chi connectivity index (χ2v) is 6.54. The Bertz CT molecular complexity index is 1090. The predicted molar refractivity (Wildman–Crippen MR) is 102 cm³/mol. The van der Waals surface area contributed by atoms with Gasteiger partial charge < -0.3 is 10.3 Å². The molecule has 0 atom stereocenters. The lowest BCUT2D eigenvalue weighted by Gasteiger charge is -2.08. The zero-order valence-corrected chi connectivity index (χ0v) is 14.8. The average Bonchev–Trinajstić information content (AvgIpc) is 3.05. The van der Waals surface area contributed by atoms with Crippen LogP contribution < -0.4 is 5.32 Å². The minimum absolute atomic E-state index is 0.170. The molecular formula is C21H18F2N4. The summed E-state index contributed by atoms with van der Waals surface area (Å²) >= 11 is 0. The summed E-state index contributed by atoms with van der Waals surface area (Å²) < 4.78 is 26.9. The highest BCUT2D eigenvalue weighted by Gasteiger charge is 2.07. The Morgan fingerprint density at radius 2 is 1.89 bits per heavy atom. The molecule has 3 aromatic heterocycles. The van der Waals surface area contributed by atoms with Gasteiger partial charge in [-0.15, -0.1) is 0 Å². The van der Waals surface area contributed by atoms with Crippen molar-refractivity contribution in [3.63, 3.8) is 0 Å². The van der Waals surface area contributed by atoms with Gasteiger partial charge in [-0.05, 0) is 53.9 Å². The fourth-order valence-electron chi connectivity index (χ4n) is 3.03. The molecule has 4 rings (SSSR count). The lowest BCUT2D eigenvalue weighted by Crippen LogP contribution is -2.04. The number of fused-ring (bicyclic) bond motifs is 1. The highest BCUT2D eigenvalue weighted by molar-refractivity contribution is 5.80. The molecule has 2 N–H and O–H groups in total. The van der Waals surface area contributed by atoms with Gasteiger partial charge in [0.2, 0.25) is 0 Å². The number of nitrogens with one attached hydrogen (secondary N) is 2. The van der Waals surface area contributed by atoms with Crippen LogP contribution in [0.5, 0.6) is 0 Å². The van der Waals surface area contributed by atoms with Crippen LogP contribution in [0.25, 0.3) is 11.0 Å². The Hall–Kier alpha value is -3.28. The summed E-state index contributed by atoms with van der Waals surface area (Å²) in [4.78, 5) is 11.9. The number of aromatic nitrogens is 3. The molecule has 6 heteroatoms. The van der Waals surface area contributed by atoms with E-state index in [9.17, 15) is 8.78 Å². The SMILES string of the molecule is Cc1cnc2[nH]cc(Cc3ccc(NCc4cc(F)ccc4F)nc3)c2c1. The van der Waals surface area contributed by atoms with Gasteiger partial charge in [0.1, 0.15) is 23.1 Å². The maximum Gasteiger partial charge on any atom is 0.137 e. The maximum absolute atomic E-state index is 13.7. The molecule has 3 heterocycles. The topological polar surface area (TPSA) is 53.6 Å². The van der Waals surface area contributed by atoms with Crippen molar-refractivity contribution in [2.75, 3.05) is 5.32 Å². The van der Waals surface area contributed by atoms with Crippen molar-refractivity contribution in [2.24, 2.45) is 0 Å². The van der Waals surface area contributed by atoms with Gasteiger partial charge in [-0.2, -0.15) is 0 Å². The first-order valence-electron chi connectivity index (χ1n) is 8.64. The standard InChI is InChI=1S/C21H18F2N4/c1-13-6-18-15(11-27-21(18)26-9-13)7-14-2-5-20(24-10-14)25-12-16-8-17(22)3-4-19(16)23/h2-6,8-11H,7,12H2,1H3,(H,24,25)(H,26,27). The van der Waals surface area contributed by atoms with E-state index >= 15 is 0 Å². The van der Waals surface area contributed by atoms with E-state index in [1.54, 1.807) is 6.20 Å². The van der Waals surface area contributed by atoms with Gasteiger partial charge in [-0.3, -0.25) is 0 Å². The second kappa shape index (κ2) is 7.15. The molecule has 1 aromatic carbocycles. The van der Waals surface area contributed by atoms with Crippen LogP contribution in [0.15, 0.2) is 55.0 Å². The van der Waals surface area contributed by atoms with Crippen LogP contribution >= 0.6 is 0 Å². The molecule has 0 radical (unpaired) electrons. The van der Waals surface area contributed by atoms with Gasteiger partial charge in [0.05, 0.1) is 0 Å². The number of H-pyrrole nitrogens is 1. The number of rotatable bonds is 5. The van der Waals surface area contributed by atoms with Gasteiger partial charge in [-0.1, -0.05) is 6.07 Å². The minimum atomic E-state index is -0.458. The Morgan fingerprint density at radius 1 is 1.00 bits per heavy atom. The normalized spacial score (nSPS) is 11.1. The number of aromatic amines is 1. The van der Waals surface area contributed by atoms with Gasteiger partial charge in [0.25, 0.3) is 0 Å². The molecule has 0 saturated heterocycles. The highest BCUT2D eigenvalue weighted by atomic mass is 19.1. The van der Waals surface area contributed by atoms with Crippen molar-refractivity contribution in [1.29, 1.82) is 0 Å². The maximum atomic E-state index is 13.7. The first-order valence-corrected chi connectivity index (χ1v) is 8.64. The van der Waals surface area contributed by atoms with Crippen molar-refractivity contribution in [1.82, 2.24) is 15.0 Å². The molecule has 0 aliphatic carbocycles. The minimum Gasteiger partial charge on any atom is -0.366 e. The van der Waals surface area contributed by atoms with Crippen molar-refractivity contribution in [3.05, 3.63) is 88.9 Å². The molecule has 4 aromatic rings. The van der Waals surface area contributed by atoms with Gasteiger partial charge in [0, 0.05) is 42.5 Å². The average molecular weight is 364 g/mol. The van der Waals surface area contributed by atoms with Crippen LogP contribution in [0.3, 0.4) is 0 Å². The molecule has 0 aliphatic rings. The molecule has 136 valence electrons. The Morgan fingerprint density at radius 3 is 2.70 bits per heavy atom. The van der Waals surface area contributed by atoms with Gasteiger partial charge >= 0.3 is 0 Å². The first-order chi connectivity index (χ1) is 13.1. The summed E-state index contributed by atoms with van der Waals surface area (Å²) in [6.45, 7) is 2.19. The molecule has 27 heavy (non-hydrogen) atoms. The number of nitrogens with zero attached hydrogens (tertiary/aromatic N) is 2. The number of hydrogen-bond donors (Lipinski definition) is 2. The van der Waals surface area contributed by atoms with Gasteiger partial charge in [0.15, 0.2) is 0 Å². The summed E-state index contributed by atoms with van der Waals surface area (Å²) in [7, 11) is 0. The molecule has 0 amide bonds. The third-order valence-corrected chi connectivity index (χ3v) is 4.44. The van der Waals surface area contributed by atoms with Crippen LogP contribution in [-0.4, -0.2) is 15.0 Å². The van der Waals surface area contributed by atoms with E-state index < -0.39 is 11.6 Å². The molecule has 0 bridgehead atoms. The number of pyridine rings is 2. The van der Waals surface area contributed by atoms with E-state index in [1.807, 2.05) is 31.5 Å². The van der Waals surface area contributed by atoms with Gasteiger partial charge in [-0.25, -0.2) is 18.7 Å². The lowest BCUT2D eigenvalue weighted by atomic mass is 10.1. The van der Waals surface area contributed by atoms with Crippen LogP contribution in [0.4, 0.5) is 14.6 Å². The number of halogens is 2. The highest BCUT2D eigenvalue weighted by Crippen LogP contribution is 2.21. The van der Waals surface area contributed by atoms with Crippen molar-refractivity contribution in [2.45, 2.75) is 19.9 Å².